The van der Waals surface area contributed by atoms with Gasteiger partial charge < -0.3 is 4.90 Å². The summed E-state index contributed by atoms with van der Waals surface area (Å²) < 4.78 is 0. The number of benzene rings is 2. The van der Waals surface area contributed by atoms with Gasteiger partial charge in [0, 0.05) is 38.3 Å². The van der Waals surface area contributed by atoms with Crippen LogP contribution in [-0.2, 0) is 6.54 Å². The molecule has 0 N–H and O–H groups in total. The van der Waals surface area contributed by atoms with E-state index >= 15 is 0 Å². The molecule has 1 heterocycles. The van der Waals surface area contributed by atoms with Crippen LogP contribution in [0.4, 0.5) is 0 Å². The maximum Gasteiger partial charge on any atom is 0.253 e. The number of hydrogen-bond donors (Lipinski definition) is 0. The fourth-order valence-corrected chi connectivity index (χ4v) is 3.25. The largest absolute Gasteiger partial charge is 0.336 e. The summed E-state index contributed by atoms with van der Waals surface area (Å²) in [5.74, 6) is 0.608. The van der Waals surface area contributed by atoms with Gasteiger partial charge in [-0.25, -0.2) is 0 Å². The molecular formula is C22H25N3O. The molecule has 0 spiro atoms. The maximum atomic E-state index is 12.6. The summed E-state index contributed by atoms with van der Waals surface area (Å²) in [4.78, 5) is 16.9. The van der Waals surface area contributed by atoms with Crippen LogP contribution < -0.4 is 0 Å². The van der Waals surface area contributed by atoms with Crippen LogP contribution in [-0.4, -0.2) is 41.9 Å². The zero-order valence-corrected chi connectivity index (χ0v) is 15.5. The van der Waals surface area contributed by atoms with Gasteiger partial charge in [0.05, 0.1) is 11.6 Å². The molecule has 134 valence electrons. The lowest BCUT2D eigenvalue weighted by atomic mass is 10.0. The predicted molar refractivity (Wildman–Crippen MR) is 103 cm³/mol. The molecule has 4 nitrogen and oxygen atoms in total. The van der Waals surface area contributed by atoms with Crippen molar-refractivity contribution in [3.8, 4) is 6.07 Å². The quantitative estimate of drug-likeness (QED) is 0.848. The van der Waals surface area contributed by atoms with Crippen LogP contribution in [0.25, 0.3) is 0 Å². The zero-order chi connectivity index (χ0) is 18.5. The fraction of sp³-hybridized carbons (Fsp3) is 0.364. The summed E-state index contributed by atoms with van der Waals surface area (Å²) in [6.07, 6.45) is 0. The summed E-state index contributed by atoms with van der Waals surface area (Å²) in [6.45, 7) is 8.59. The molecule has 1 aliphatic heterocycles. The molecule has 2 aromatic carbocycles. The highest BCUT2D eigenvalue weighted by atomic mass is 16.2. The van der Waals surface area contributed by atoms with Gasteiger partial charge in [0.25, 0.3) is 5.91 Å². The van der Waals surface area contributed by atoms with Crippen molar-refractivity contribution in [3.63, 3.8) is 0 Å². The molecule has 0 radical (unpaired) electrons. The predicted octanol–water partition coefficient (Wildman–Crippen LogP) is 3.64. The van der Waals surface area contributed by atoms with Crippen molar-refractivity contribution >= 4 is 5.91 Å². The van der Waals surface area contributed by atoms with Crippen molar-refractivity contribution in [1.82, 2.24) is 9.80 Å². The van der Waals surface area contributed by atoms with Gasteiger partial charge in [0.15, 0.2) is 0 Å². The van der Waals surface area contributed by atoms with Crippen LogP contribution in [0, 0.1) is 11.3 Å². The fourth-order valence-electron chi connectivity index (χ4n) is 3.25. The van der Waals surface area contributed by atoms with E-state index < -0.39 is 0 Å². The minimum absolute atomic E-state index is 0.0513. The number of carbonyl (C=O) groups excluding carboxylic acids is 1. The third-order valence-corrected chi connectivity index (χ3v) is 4.97. The molecule has 2 aromatic rings. The Morgan fingerprint density at radius 3 is 2.15 bits per heavy atom. The summed E-state index contributed by atoms with van der Waals surface area (Å²) >= 11 is 0. The molecule has 26 heavy (non-hydrogen) atoms. The summed E-state index contributed by atoms with van der Waals surface area (Å²) in [5.41, 5.74) is 3.92. The van der Waals surface area contributed by atoms with Gasteiger partial charge in [-0.3, -0.25) is 9.69 Å². The number of carbonyl (C=O) groups is 1. The van der Waals surface area contributed by atoms with E-state index in [1.54, 1.807) is 24.3 Å². The van der Waals surface area contributed by atoms with Crippen molar-refractivity contribution in [2.24, 2.45) is 0 Å². The van der Waals surface area contributed by atoms with E-state index in [4.69, 9.17) is 5.26 Å². The monoisotopic (exact) mass is 347 g/mol. The molecule has 0 unspecified atom stereocenters. The second-order valence-corrected chi connectivity index (χ2v) is 7.15. The van der Waals surface area contributed by atoms with Crippen LogP contribution in [0.5, 0.6) is 0 Å². The van der Waals surface area contributed by atoms with E-state index in [2.05, 4.69) is 49.1 Å². The second-order valence-electron chi connectivity index (χ2n) is 7.15. The van der Waals surface area contributed by atoms with E-state index in [-0.39, 0.29) is 5.91 Å². The molecule has 0 saturated carbocycles. The highest BCUT2D eigenvalue weighted by Gasteiger charge is 2.22. The first-order chi connectivity index (χ1) is 12.6. The standard InChI is InChI=1S/C22H25N3O/c1-17(2)20-7-5-19(6-8-20)16-24-11-13-25(14-12-24)22(26)21-9-3-18(15-23)4-10-21/h3-10,17H,11-14,16H2,1-2H3. The lowest BCUT2D eigenvalue weighted by Gasteiger charge is -2.34. The van der Waals surface area contributed by atoms with Gasteiger partial charge in [-0.1, -0.05) is 38.1 Å². The topological polar surface area (TPSA) is 47.3 Å². The molecule has 1 saturated heterocycles. The van der Waals surface area contributed by atoms with E-state index in [9.17, 15) is 4.79 Å². The molecule has 0 aliphatic carbocycles. The third kappa shape index (κ3) is 4.30. The summed E-state index contributed by atoms with van der Waals surface area (Å²) in [6, 6.07) is 17.8. The van der Waals surface area contributed by atoms with E-state index in [1.807, 2.05) is 4.90 Å². The molecule has 0 bridgehead atoms. The number of amides is 1. The highest BCUT2D eigenvalue weighted by Crippen LogP contribution is 2.17. The first kappa shape index (κ1) is 18.2. The minimum Gasteiger partial charge on any atom is -0.336 e. The number of rotatable bonds is 4. The van der Waals surface area contributed by atoms with Gasteiger partial charge in [0.2, 0.25) is 0 Å². The lowest BCUT2D eigenvalue weighted by molar-refractivity contribution is 0.0628. The van der Waals surface area contributed by atoms with E-state index in [0.29, 0.717) is 17.0 Å². The SMILES string of the molecule is CC(C)c1ccc(CN2CCN(C(=O)c3ccc(C#N)cc3)CC2)cc1. The van der Waals surface area contributed by atoms with E-state index in [1.165, 1.54) is 11.1 Å². The molecular weight excluding hydrogens is 322 g/mol. The molecule has 0 atom stereocenters. The Morgan fingerprint density at radius 2 is 1.62 bits per heavy atom. The van der Waals surface area contributed by atoms with Crippen molar-refractivity contribution in [2.75, 3.05) is 26.2 Å². The van der Waals surface area contributed by atoms with Gasteiger partial charge in [-0.15, -0.1) is 0 Å². The normalized spacial score (nSPS) is 15.1. The maximum absolute atomic E-state index is 12.6. The summed E-state index contributed by atoms with van der Waals surface area (Å²) in [5, 5.41) is 8.86. The average Bonchev–Trinajstić information content (AvgIpc) is 2.68. The molecule has 1 fully saturated rings. The first-order valence-corrected chi connectivity index (χ1v) is 9.17. The Hall–Kier alpha value is -2.64. The van der Waals surface area contributed by atoms with Gasteiger partial charge in [-0.05, 0) is 41.3 Å². The number of piperazine rings is 1. The highest BCUT2D eigenvalue weighted by molar-refractivity contribution is 5.94. The molecule has 4 heteroatoms. The Kier molecular flexibility index (Phi) is 5.70. The molecule has 1 amide bonds. The number of nitriles is 1. The second kappa shape index (κ2) is 8.16. The van der Waals surface area contributed by atoms with Crippen molar-refractivity contribution < 1.29 is 4.79 Å². The molecule has 1 aliphatic rings. The number of nitrogens with zero attached hydrogens (tertiary/aromatic N) is 3. The Morgan fingerprint density at radius 1 is 1.00 bits per heavy atom. The third-order valence-electron chi connectivity index (χ3n) is 4.97. The van der Waals surface area contributed by atoms with Crippen molar-refractivity contribution in [2.45, 2.75) is 26.3 Å². The van der Waals surface area contributed by atoms with Gasteiger partial charge in [-0.2, -0.15) is 5.26 Å². The Bertz CT molecular complexity index is 780. The van der Waals surface area contributed by atoms with Crippen LogP contribution >= 0.6 is 0 Å². The van der Waals surface area contributed by atoms with Crippen LogP contribution in [0.2, 0.25) is 0 Å². The van der Waals surface area contributed by atoms with Crippen LogP contribution in [0.15, 0.2) is 48.5 Å². The molecule has 3 rings (SSSR count). The first-order valence-electron chi connectivity index (χ1n) is 9.17. The number of hydrogen-bond acceptors (Lipinski definition) is 3. The smallest absolute Gasteiger partial charge is 0.253 e. The van der Waals surface area contributed by atoms with Crippen LogP contribution in [0.1, 0.15) is 46.8 Å². The van der Waals surface area contributed by atoms with Gasteiger partial charge >= 0.3 is 0 Å². The average molecular weight is 347 g/mol. The Labute approximate surface area is 155 Å². The zero-order valence-electron chi connectivity index (χ0n) is 15.5. The minimum atomic E-state index is 0.0513. The summed E-state index contributed by atoms with van der Waals surface area (Å²) in [7, 11) is 0. The van der Waals surface area contributed by atoms with Crippen LogP contribution in [0.3, 0.4) is 0 Å². The van der Waals surface area contributed by atoms with Gasteiger partial charge in [0.1, 0.15) is 0 Å². The Balaban J connectivity index is 1.53. The van der Waals surface area contributed by atoms with Crippen molar-refractivity contribution in [3.05, 3.63) is 70.8 Å². The van der Waals surface area contributed by atoms with Crippen molar-refractivity contribution in [1.29, 1.82) is 5.26 Å². The molecule has 0 aromatic heterocycles. The van der Waals surface area contributed by atoms with E-state index in [0.717, 1.165) is 32.7 Å². The lowest BCUT2D eigenvalue weighted by Crippen LogP contribution is -2.48.